The molecule has 1 fully saturated rings. The van der Waals surface area contributed by atoms with Crippen LogP contribution in [0.4, 0.5) is 4.79 Å². The predicted octanol–water partition coefficient (Wildman–Crippen LogP) is 1.93. The largest absolute Gasteiger partial charge is 0.448 e. The minimum absolute atomic E-state index is 0.0753. The molecule has 2 rings (SSSR count). The molecule has 26 heavy (non-hydrogen) atoms. The van der Waals surface area contributed by atoms with Crippen LogP contribution in [0, 0.1) is 17.2 Å². The molecule has 1 aromatic rings. The van der Waals surface area contributed by atoms with Gasteiger partial charge in [-0.15, -0.1) is 11.8 Å². The van der Waals surface area contributed by atoms with Gasteiger partial charge in [0.1, 0.15) is 11.1 Å². The summed E-state index contributed by atoms with van der Waals surface area (Å²) in [4.78, 5) is 40.1. The number of carbonyl (C=O) groups excluding carboxylic acids is 3. The van der Waals surface area contributed by atoms with E-state index in [1.54, 1.807) is 26.2 Å². The Labute approximate surface area is 155 Å². The number of nitriles is 1. The Morgan fingerprint density at radius 1 is 1.42 bits per heavy atom. The number of nitrogens with one attached hydrogen (secondary N) is 1. The van der Waals surface area contributed by atoms with Gasteiger partial charge in [0, 0.05) is 11.6 Å². The van der Waals surface area contributed by atoms with Crippen molar-refractivity contribution in [2.75, 3.05) is 6.26 Å². The number of primary amides is 1. The van der Waals surface area contributed by atoms with Gasteiger partial charge in [0.15, 0.2) is 6.10 Å². The summed E-state index contributed by atoms with van der Waals surface area (Å²) in [6.07, 6.45) is 2.52. The first-order chi connectivity index (χ1) is 12.3. The molecule has 1 aliphatic carbocycles. The van der Waals surface area contributed by atoms with Crippen LogP contribution < -0.4 is 11.1 Å². The Morgan fingerprint density at radius 2 is 2.08 bits per heavy atom. The number of thioether (sulfide) groups is 1. The maximum absolute atomic E-state index is 12.7. The summed E-state index contributed by atoms with van der Waals surface area (Å²) in [6.45, 7) is 3.33. The third-order valence-electron chi connectivity index (χ3n) is 3.87. The van der Waals surface area contributed by atoms with Crippen LogP contribution in [0.25, 0.3) is 0 Å². The fraction of sp³-hybridized carbons (Fsp3) is 0.471. The van der Waals surface area contributed by atoms with Crippen molar-refractivity contribution in [2.24, 2.45) is 11.7 Å². The molecule has 0 aliphatic heterocycles. The number of esters is 1. The normalized spacial score (nSPS) is 14.4. The summed E-state index contributed by atoms with van der Waals surface area (Å²) in [5.74, 6) is -1.73. The molecule has 8 nitrogen and oxygen atoms in total. The standard InChI is InChI=1S/C17H20N4O4S/c1-8(2)13(14(22)21-17(19)24)25-16(23)10-6-12(9-4-5-9)20-15(26-3)11(10)7-18/h6,8-9,13H,4-5H2,1-3H3,(H3,19,21,22,24). The molecule has 0 radical (unpaired) electrons. The van der Waals surface area contributed by atoms with Gasteiger partial charge in [0.25, 0.3) is 5.91 Å². The van der Waals surface area contributed by atoms with Crippen LogP contribution in [0.15, 0.2) is 11.1 Å². The molecule has 9 heteroatoms. The maximum Gasteiger partial charge on any atom is 0.340 e. The summed E-state index contributed by atoms with van der Waals surface area (Å²) in [7, 11) is 0. The van der Waals surface area contributed by atoms with Crippen molar-refractivity contribution < 1.29 is 19.1 Å². The third kappa shape index (κ3) is 4.52. The average Bonchev–Trinajstić information content (AvgIpc) is 3.42. The Morgan fingerprint density at radius 3 is 2.54 bits per heavy atom. The SMILES string of the molecule is CSc1nc(C2CC2)cc(C(=O)OC(C(=O)NC(N)=O)C(C)C)c1C#N. The number of nitrogens with two attached hydrogens (primary N) is 1. The molecule has 0 saturated heterocycles. The number of hydrogen-bond donors (Lipinski definition) is 2. The second-order valence-corrected chi connectivity index (χ2v) is 7.08. The Kier molecular flexibility index (Phi) is 6.21. The van der Waals surface area contributed by atoms with Crippen LogP contribution in [-0.2, 0) is 9.53 Å². The van der Waals surface area contributed by atoms with E-state index in [-0.39, 0.29) is 17.0 Å². The van der Waals surface area contributed by atoms with E-state index >= 15 is 0 Å². The number of ether oxygens (including phenoxy) is 1. The molecule has 1 saturated carbocycles. The molecule has 3 amide bonds. The van der Waals surface area contributed by atoms with Gasteiger partial charge in [0.05, 0.1) is 11.1 Å². The summed E-state index contributed by atoms with van der Waals surface area (Å²) < 4.78 is 5.31. The number of carbonyl (C=O) groups is 3. The first-order valence-electron chi connectivity index (χ1n) is 8.08. The second-order valence-electron chi connectivity index (χ2n) is 6.29. The number of hydrogen-bond acceptors (Lipinski definition) is 7. The highest BCUT2D eigenvalue weighted by molar-refractivity contribution is 7.98. The number of urea groups is 1. The lowest BCUT2D eigenvalue weighted by Crippen LogP contribution is -2.45. The molecule has 1 aliphatic rings. The third-order valence-corrected chi connectivity index (χ3v) is 4.55. The van der Waals surface area contributed by atoms with E-state index in [1.165, 1.54) is 11.8 Å². The van der Waals surface area contributed by atoms with Gasteiger partial charge in [-0.25, -0.2) is 14.6 Å². The summed E-state index contributed by atoms with van der Waals surface area (Å²) in [6, 6.07) is 2.52. The van der Waals surface area contributed by atoms with Gasteiger partial charge in [-0.2, -0.15) is 5.26 Å². The number of rotatable bonds is 6. The van der Waals surface area contributed by atoms with Crippen LogP contribution in [0.5, 0.6) is 0 Å². The molecule has 0 bridgehead atoms. The van der Waals surface area contributed by atoms with E-state index in [1.807, 2.05) is 11.4 Å². The molecule has 1 heterocycles. The van der Waals surface area contributed by atoms with Crippen molar-refractivity contribution in [1.29, 1.82) is 5.26 Å². The zero-order valence-corrected chi connectivity index (χ0v) is 15.6. The number of nitrogens with zero attached hydrogens (tertiary/aromatic N) is 2. The van der Waals surface area contributed by atoms with Crippen LogP contribution in [0.2, 0.25) is 0 Å². The summed E-state index contributed by atoms with van der Waals surface area (Å²) >= 11 is 1.27. The lowest BCUT2D eigenvalue weighted by molar-refractivity contribution is -0.130. The quantitative estimate of drug-likeness (QED) is 0.572. The minimum Gasteiger partial charge on any atom is -0.448 e. The van der Waals surface area contributed by atoms with Crippen molar-refractivity contribution in [1.82, 2.24) is 10.3 Å². The zero-order valence-electron chi connectivity index (χ0n) is 14.7. The molecule has 1 aromatic heterocycles. The van der Waals surface area contributed by atoms with E-state index in [4.69, 9.17) is 10.5 Å². The summed E-state index contributed by atoms with van der Waals surface area (Å²) in [5, 5.41) is 11.8. The molecule has 3 N–H and O–H groups in total. The molecule has 1 unspecified atom stereocenters. The predicted molar refractivity (Wildman–Crippen MR) is 94.5 cm³/mol. The number of aromatic nitrogens is 1. The molecule has 0 aromatic carbocycles. The first kappa shape index (κ1) is 19.7. The van der Waals surface area contributed by atoms with Crippen molar-refractivity contribution in [3.05, 3.63) is 22.9 Å². The Balaban J connectivity index is 2.35. The maximum atomic E-state index is 12.7. The lowest BCUT2D eigenvalue weighted by Gasteiger charge is -2.20. The van der Waals surface area contributed by atoms with Crippen molar-refractivity contribution >= 4 is 29.7 Å². The van der Waals surface area contributed by atoms with Crippen molar-refractivity contribution in [3.63, 3.8) is 0 Å². The van der Waals surface area contributed by atoms with Gasteiger partial charge in [-0.05, 0) is 31.1 Å². The van der Waals surface area contributed by atoms with E-state index in [0.29, 0.717) is 5.03 Å². The van der Waals surface area contributed by atoms with E-state index in [0.717, 1.165) is 18.5 Å². The van der Waals surface area contributed by atoms with Crippen molar-refractivity contribution in [2.45, 2.75) is 43.7 Å². The fourth-order valence-corrected chi connectivity index (χ4v) is 2.97. The zero-order chi connectivity index (χ0) is 19.4. The average molecular weight is 376 g/mol. The lowest BCUT2D eigenvalue weighted by atomic mass is 10.1. The monoisotopic (exact) mass is 376 g/mol. The highest BCUT2D eigenvalue weighted by Gasteiger charge is 2.32. The minimum atomic E-state index is -1.21. The summed E-state index contributed by atoms with van der Waals surface area (Å²) in [5.41, 5.74) is 5.88. The highest BCUT2D eigenvalue weighted by Crippen LogP contribution is 2.40. The van der Waals surface area contributed by atoms with Gasteiger partial charge >= 0.3 is 12.0 Å². The van der Waals surface area contributed by atoms with Gasteiger partial charge in [-0.3, -0.25) is 10.1 Å². The number of pyridine rings is 1. The molecular weight excluding hydrogens is 356 g/mol. The Bertz CT molecular complexity index is 784. The molecule has 138 valence electrons. The van der Waals surface area contributed by atoms with E-state index in [2.05, 4.69) is 4.98 Å². The molecule has 1 atom stereocenters. The van der Waals surface area contributed by atoms with E-state index in [9.17, 15) is 19.6 Å². The van der Waals surface area contributed by atoms with Gasteiger partial charge < -0.3 is 10.5 Å². The van der Waals surface area contributed by atoms with Gasteiger partial charge in [0.2, 0.25) is 0 Å². The van der Waals surface area contributed by atoms with E-state index < -0.39 is 29.9 Å². The van der Waals surface area contributed by atoms with Crippen LogP contribution in [0.1, 0.15) is 54.2 Å². The Hall–Kier alpha value is -2.60. The second kappa shape index (κ2) is 8.19. The fourth-order valence-electron chi connectivity index (χ4n) is 2.41. The van der Waals surface area contributed by atoms with Crippen LogP contribution in [0.3, 0.4) is 0 Å². The smallest absolute Gasteiger partial charge is 0.340 e. The molecular formula is C17H20N4O4S. The van der Waals surface area contributed by atoms with Crippen molar-refractivity contribution in [3.8, 4) is 6.07 Å². The highest BCUT2D eigenvalue weighted by atomic mass is 32.2. The topological polar surface area (TPSA) is 135 Å². The van der Waals surface area contributed by atoms with Crippen LogP contribution >= 0.6 is 11.8 Å². The number of imide groups is 1. The number of amides is 3. The van der Waals surface area contributed by atoms with Gasteiger partial charge in [-0.1, -0.05) is 13.8 Å². The first-order valence-corrected chi connectivity index (χ1v) is 9.31. The van der Waals surface area contributed by atoms with Crippen LogP contribution in [-0.4, -0.2) is 35.3 Å². The molecule has 0 spiro atoms.